The standard InChI is InChI=1S/C19H20O4S3/c1-15-6-8-18(9-7-15)26(20,21)14-19(24-12-16-4-2-10-22-16)25-13-17-5-3-11-23-17/h2-11,19H,12-14H2,1H3. The second kappa shape index (κ2) is 8.88. The summed E-state index contributed by atoms with van der Waals surface area (Å²) in [5, 5.41) is 0. The Balaban J connectivity index is 1.69. The highest BCUT2D eigenvalue weighted by molar-refractivity contribution is 8.17. The summed E-state index contributed by atoms with van der Waals surface area (Å²) in [4.78, 5) is 0.366. The Bertz CT molecular complexity index is 845. The number of rotatable bonds is 9. The van der Waals surface area contributed by atoms with Crippen LogP contribution in [0.4, 0.5) is 0 Å². The van der Waals surface area contributed by atoms with Gasteiger partial charge >= 0.3 is 0 Å². The summed E-state index contributed by atoms with van der Waals surface area (Å²) in [5.41, 5.74) is 1.04. The Kier molecular flexibility index (Phi) is 6.56. The van der Waals surface area contributed by atoms with E-state index in [1.807, 2.05) is 43.3 Å². The Hall–Kier alpha value is -1.57. The van der Waals surface area contributed by atoms with Gasteiger partial charge in [0, 0.05) is 0 Å². The molecule has 0 bridgehead atoms. The predicted octanol–water partition coefficient (Wildman–Crippen LogP) is 5.15. The fraction of sp³-hybridized carbons (Fsp3) is 0.263. The van der Waals surface area contributed by atoms with Gasteiger partial charge in [0.25, 0.3) is 0 Å². The van der Waals surface area contributed by atoms with Gasteiger partial charge in [0.05, 0.1) is 39.3 Å². The van der Waals surface area contributed by atoms with Crippen LogP contribution < -0.4 is 0 Å². The minimum absolute atomic E-state index is 0.0623. The number of hydrogen-bond acceptors (Lipinski definition) is 6. The van der Waals surface area contributed by atoms with Crippen molar-refractivity contribution in [1.29, 1.82) is 0 Å². The highest BCUT2D eigenvalue weighted by Gasteiger charge is 2.23. The smallest absolute Gasteiger partial charge is 0.180 e. The molecule has 0 N–H and O–H groups in total. The quantitative estimate of drug-likeness (QED) is 0.457. The van der Waals surface area contributed by atoms with Crippen LogP contribution in [-0.4, -0.2) is 18.8 Å². The van der Waals surface area contributed by atoms with E-state index >= 15 is 0 Å². The molecule has 3 aromatic rings. The Morgan fingerprint density at radius 2 is 1.42 bits per heavy atom. The van der Waals surface area contributed by atoms with E-state index in [9.17, 15) is 8.42 Å². The van der Waals surface area contributed by atoms with Crippen LogP contribution in [0.5, 0.6) is 0 Å². The van der Waals surface area contributed by atoms with Gasteiger partial charge in [-0.05, 0) is 43.3 Å². The highest BCUT2D eigenvalue weighted by Crippen LogP contribution is 2.32. The molecule has 0 saturated heterocycles. The van der Waals surface area contributed by atoms with Crippen LogP contribution in [0, 0.1) is 6.92 Å². The van der Waals surface area contributed by atoms with Gasteiger partial charge in [0.2, 0.25) is 0 Å². The SMILES string of the molecule is Cc1ccc(S(=O)(=O)CC(SCc2ccco2)SCc2ccco2)cc1. The fourth-order valence-electron chi connectivity index (χ4n) is 2.30. The molecule has 138 valence electrons. The molecule has 0 aliphatic rings. The summed E-state index contributed by atoms with van der Waals surface area (Å²) in [6.45, 7) is 1.94. The molecule has 0 amide bonds. The first-order valence-corrected chi connectivity index (χ1v) is 11.9. The van der Waals surface area contributed by atoms with E-state index in [-0.39, 0.29) is 10.3 Å². The van der Waals surface area contributed by atoms with Crippen molar-refractivity contribution in [2.24, 2.45) is 0 Å². The lowest BCUT2D eigenvalue weighted by molar-refractivity contribution is 0.530. The third kappa shape index (κ3) is 5.46. The molecule has 26 heavy (non-hydrogen) atoms. The second-order valence-electron chi connectivity index (χ2n) is 5.80. The molecule has 0 atom stereocenters. The third-order valence-electron chi connectivity index (χ3n) is 3.72. The van der Waals surface area contributed by atoms with Crippen molar-refractivity contribution in [3.05, 3.63) is 78.1 Å². The number of hydrogen-bond donors (Lipinski definition) is 0. The van der Waals surface area contributed by atoms with E-state index in [0.29, 0.717) is 16.4 Å². The van der Waals surface area contributed by atoms with Crippen LogP contribution in [0.15, 0.2) is 74.8 Å². The monoisotopic (exact) mass is 408 g/mol. The van der Waals surface area contributed by atoms with Crippen molar-refractivity contribution in [1.82, 2.24) is 0 Å². The summed E-state index contributed by atoms with van der Waals surface area (Å²) in [5.74, 6) is 3.00. The lowest BCUT2D eigenvalue weighted by Gasteiger charge is -2.16. The molecule has 2 heterocycles. The van der Waals surface area contributed by atoms with Gasteiger partial charge in [-0.1, -0.05) is 17.7 Å². The van der Waals surface area contributed by atoms with Crippen LogP contribution in [0.25, 0.3) is 0 Å². The fourth-order valence-corrected chi connectivity index (χ4v) is 7.07. The summed E-state index contributed by atoms with van der Waals surface area (Å²) in [7, 11) is -3.36. The molecule has 4 nitrogen and oxygen atoms in total. The minimum Gasteiger partial charge on any atom is -0.468 e. The van der Waals surface area contributed by atoms with Gasteiger partial charge in [-0.15, -0.1) is 23.5 Å². The molecular weight excluding hydrogens is 388 g/mol. The van der Waals surface area contributed by atoms with Crippen molar-refractivity contribution in [2.45, 2.75) is 27.9 Å². The van der Waals surface area contributed by atoms with Crippen molar-refractivity contribution in [3.63, 3.8) is 0 Å². The van der Waals surface area contributed by atoms with E-state index in [1.54, 1.807) is 48.2 Å². The molecular formula is C19H20O4S3. The third-order valence-corrected chi connectivity index (χ3v) is 8.70. The first kappa shape index (κ1) is 19.2. The molecule has 7 heteroatoms. The van der Waals surface area contributed by atoms with Gasteiger partial charge in [-0.2, -0.15) is 0 Å². The largest absolute Gasteiger partial charge is 0.468 e. The summed E-state index contributed by atoms with van der Waals surface area (Å²) < 4.78 is 36.2. The average molecular weight is 409 g/mol. The molecule has 2 aromatic heterocycles. The zero-order valence-corrected chi connectivity index (χ0v) is 16.8. The van der Waals surface area contributed by atoms with Gasteiger partial charge < -0.3 is 8.83 Å². The maximum Gasteiger partial charge on any atom is 0.180 e. The predicted molar refractivity (Wildman–Crippen MR) is 107 cm³/mol. The Morgan fingerprint density at radius 3 is 1.88 bits per heavy atom. The molecule has 0 unspecified atom stereocenters. The number of benzene rings is 1. The van der Waals surface area contributed by atoms with E-state index in [1.165, 1.54) is 0 Å². The summed E-state index contributed by atoms with van der Waals surface area (Å²) in [6, 6.07) is 14.5. The normalized spacial score (nSPS) is 11.9. The van der Waals surface area contributed by atoms with Crippen LogP contribution >= 0.6 is 23.5 Å². The molecule has 3 rings (SSSR count). The van der Waals surface area contributed by atoms with Gasteiger partial charge in [0.15, 0.2) is 9.84 Å². The van der Waals surface area contributed by atoms with Crippen LogP contribution in [0.3, 0.4) is 0 Å². The van der Waals surface area contributed by atoms with Crippen molar-refractivity contribution >= 4 is 33.4 Å². The van der Waals surface area contributed by atoms with E-state index < -0.39 is 9.84 Å². The molecule has 0 radical (unpaired) electrons. The molecule has 0 saturated carbocycles. The maximum atomic E-state index is 12.8. The van der Waals surface area contributed by atoms with E-state index in [2.05, 4.69) is 0 Å². The van der Waals surface area contributed by atoms with Crippen LogP contribution in [0.2, 0.25) is 0 Å². The lowest BCUT2D eigenvalue weighted by atomic mass is 10.2. The summed E-state index contributed by atoms with van der Waals surface area (Å²) in [6.07, 6.45) is 3.26. The summed E-state index contributed by atoms with van der Waals surface area (Å²) >= 11 is 3.15. The molecule has 0 spiro atoms. The molecule has 0 fully saturated rings. The maximum absolute atomic E-state index is 12.8. The van der Waals surface area contributed by atoms with Crippen molar-refractivity contribution in [2.75, 3.05) is 5.75 Å². The van der Waals surface area contributed by atoms with Gasteiger partial charge in [0.1, 0.15) is 11.5 Å². The lowest BCUT2D eigenvalue weighted by Crippen LogP contribution is -2.16. The zero-order chi connectivity index (χ0) is 18.4. The zero-order valence-electron chi connectivity index (χ0n) is 14.3. The van der Waals surface area contributed by atoms with Gasteiger partial charge in [-0.25, -0.2) is 8.42 Å². The first-order chi connectivity index (χ1) is 12.5. The van der Waals surface area contributed by atoms with Gasteiger partial charge in [-0.3, -0.25) is 0 Å². The van der Waals surface area contributed by atoms with E-state index in [0.717, 1.165) is 17.1 Å². The molecule has 0 aliphatic carbocycles. The first-order valence-electron chi connectivity index (χ1n) is 8.10. The topological polar surface area (TPSA) is 60.4 Å². The Morgan fingerprint density at radius 1 is 0.885 bits per heavy atom. The minimum atomic E-state index is -3.36. The van der Waals surface area contributed by atoms with Crippen molar-refractivity contribution in [3.8, 4) is 0 Å². The second-order valence-corrected chi connectivity index (χ2v) is 10.5. The number of aryl methyl sites for hydroxylation is 1. The molecule has 0 aliphatic heterocycles. The number of thioether (sulfide) groups is 2. The van der Waals surface area contributed by atoms with Crippen molar-refractivity contribution < 1.29 is 17.3 Å². The number of sulfone groups is 1. The molecule has 1 aromatic carbocycles. The van der Waals surface area contributed by atoms with Crippen LogP contribution in [0.1, 0.15) is 17.1 Å². The van der Waals surface area contributed by atoms with E-state index in [4.69, 9.17) is 8.83 Å². The van der Waals surface area contributed by atoms with Crippen LogP contribution in [-0.2, 0) is 21.3 Å². The Labute approximate surface area is 162 Å². The number of furan rings is 2. The highest BCUT2D eigenvalue weighted by atomic mass is 32.2. The average Bonchev–Trinajstić information content (AvgIpc) is 3.31.